The number of aromatic carboxylic acids is 1. The molecule has 3 aromatic rings. The number of carboxylic acids is 1. The number of nitrogens with one attached hydrogen (secondary N) is 2. The highest BCUT2D eigenvalue weighted by atomic mass is 16.5. The Morgan fingerprint density at radius 1 is 0.800 bits per heavy atom. The fourth-order valence-corrected chi connectivity index (χ4v) is 3.16. The topological polar surface area (TPSA) is 123 Å². The highest BCUT2D eigenvalue weighted by Crippen LogP contribution is 2.28. The fraction of sp³-hybridized carbons (Fsp3) is 0.115. The van der Waals surface area contributed by atoms with Crippen molar-refractivity contribution < 1.29 is 33.7 Å². The molecule has 3 aromatic carbocycles. The number of amides is 2. The van der Waals surface area contributed by atoms with Crippen LogP contribution in [-0.2, 0) is 4.79 Å². The standard InChI is InChI=1S/C26H24N2O7/c1-33-19-11-9-17(23(15-19)35-3)13-21(28-24(29)16-7-5-4-6-8-16)25(30)27-20-14-18(26(31)32)10-12-22(20)34-2/h4-15H,1-3H3,(H,27,30)(H,28,29)(H,31,32). The van der Waals surface area contributed by atoms with Crippen LogP contribution in [-0.4, -0.2) is 44.2 Å². The van der Waals surface area contributed by atoms with E-state index in [1.54, 1.807) is 48.5 Å². The van der Waals surface area contributed by atoms with Gasteiger partial charge in [0.2, 0.25) is 0 Å². The van der Waals surface area contributed by atoms with E-state index in [-0.39, 0.29) is 22.7 Å². The zero-order chi connectivity index (χ0) is 25.4. The molecule has 9 heteroatoms. The molecule has 0 spiro atoms. The first-order chi connectivity index (χ1) is 16.9. The van der Waals surface area contributed by atoms with Gasteiger partial charge in [0.25, 0.3) is 11.8 Å². The third-order valence-electron chi connectivity index (χ3n) is 4.96. The minimum atomic E-state index is -1.17. The minimum Gasteiger partial charge on any atom is -0.497 e. The first kappa shape index (κ1) is 24.8. The second kappa shape index (κ2) is 11.4. The van der Waals surface area contributed by atoms with Crippen LogP contribution in [0.2, 0.25) is 0 Å². The van der Waals surface area contributed by atoms with Crippen LogP contribution < -0.4 is 24.8 Å². The summed E-state index contributed by atoms with van der Waals surface area (Å²) in [7, 11) is 4.38. The van der Waals surface area contributed by atoms with E-state index in [4.69, 9.17) is 14.2 Å². The van der Waals surface area contributed by atoms with E-state index >= 15 is 0 Å². The van der Waals surface area contributed by atoms with E-state index in [0.717, 1.165) is 0 Å². The van der Waals surface area contributed by atoms with E-state index in [2.05, 4.69) is 10.6 Å². The molecule has 0 heterocycles. The van der Waals surface area contributed by atoms with Gasteiger partial charge in [-0.15, -0.1) is 0 Å². The number of hydrogen-bond donors (Lipinski definition) is 3. The van der Waals surface area contributed by atoms with Gasteiger partial charge in [-0.2, -0.15) is 0 Å². The molecule has 0 aliphatic heterocycles. The molecule has 0 aliphatic rings. The quantitative estimate of drug-likeness (QED) is 0.401. The summed E-state index contributed by atoms with van der Waals surface area (Å²) in [5, 5.41) is 14.6. The van der Waals surface area contributed by atoms with Gasteiger partial charge in [0.1, 0.15) is 22.9 Å². The molecule has 0 atom stereocenters. The predicted octanol–water partition coefficient (Wildman–Crippen LogP) is 3.82. The second-order valence-electron chi connectivity index (χ2n) is 7.16. The van der Waals surface area contributed by atoms with Crippen LogP contribution in [0.5, 0.6) is 17.2 Å². The molecule has 9 nitrogen and oxygen atoms in total. The van der Waals surface area contributed by atoms with Gasteiger partial charge in [0.15, 0.2) is 0 Å². The molecule has 0 unspecified atom stereocenters. The van der Waals surface area contributed by atoms with Crippen LogP contribution in [0.1, 0.15) is 26.3 Å². The van der Waals surface area contributed by atoms with Crippen molar-refractivity contribution in [3.8, 4) is 17.2 Å². The van der Waals surface area contributed by atoms with Crippen molar-refractivity contribution >= 4 is 29.5 Å². The average Bonchev–Trinajstić information content (AvgIpc) is 2.88. The Morgan fingerprint density at radius 3 is 2.14 bits per heavy atom. The monoisotopic (exact) mass is 476 g/mol. The van der Waals surface area contributed by atoms with E-state index in [1.807, 2.05) is 0 Å². The van der Waals surface area contributed by atoms with Crippen LogP contribution in [0, 0.1) is 0 Å². The lowest BCUT2D eigenvalue weighted by Crippen LogP contribution is -2.31. The zero-order valence-corrected chi connectivity index (χ0v) is 19.3. The summed E-state index contributed by atoms with van der Waals surface area (Å²) in [5.74, 6) is -1.17. The predicted molar refractivity (Wildman–Crippen MR) is 130 cm³/mol. The van der Waals surface area contributed by atoms with E-state index in [0.29, 0.717) is 22.6 Å². The van der Waals surface area contributed by atoms with Crippen LogP contribution in [0.15, 0.2) is 72.4 Å². The Morgan fingerprint density at radius 2 is 1.51 bits per heavy atom. The molecule has 3 rings (SSSR count). The van der Waals surface area contributed by atoms with Crippen molar-refractivity contribution in [3.63, 3.8) is 0 Å². The number of rotatable bonds is 9. The van der Waals surface area contributed by atoms with Crippen LogP contribution in [0.3, 0.4) is 0 Å². The summed E-state index contributed by atoms with van der Waals surface area (Å²) in [6.45, 7) is 0. The molecule has 0 bridgehead atoms. The number of benzene rings is 3. The van der Waals surface area contributed by atoms with E-state index in [1.165, 1.54) is 45.6 Å². The maximum atomic E-state index is 13.3. The Kier molecular flexibility index (Phi) is 8.07. The summed E-state index contributed by atoms with van der Waals surface area (Å²) in [6.07, 6.45) is 1.45. The maximum Gasteiger partial charge on any atom is 0.335 e. The number of methoxy groups -OCH3 is 3. The number of carbonyl (C=O) groups is 3. The van der Waals surface area contributed by atoms with Gasteiger partial charge in [0.05, 0.1) is 32.6 Å². The summed E-state index contributed by atoms with van der Waals surface area (Å²) >= 11 is 0. The second-order valence-corrected chi connectivity index (χ2v) is 7.16. The van der Waals surface area contributed by atoms with Crippen molar-refractivity contribution in [2.45, 2.75) is 0 Å². The van der Waals surface area contributed by atoms with Crippen LogP contribution in [0.25, 0.3) is 6.08 Å². The molecule has 0 radical (unpaired) electrons. The SMILES string of the molecule is COc1ccc(C=C(NC(=O)c2ccccc2)C(=O)Nc2cc(C(=O)O)ccc2OC)c(OC)c1. The summed E-state index contributed by atoms with van der Waals surface area (Å²) in [6, 6.07) is 17.4. The number of ether oxygens (including phenoxy) is 3. The van der Waals surface area contributed by atoms with Gasteiger partial charge in [-0.05, 0) is 48.5 Å². The van der Waals surface area contributed by atoms with Gasteiger partial charge < -0.3 is 30.0 Å². The van der Waals surface area contributed by atoms with Crippen molar-refractivity contribution in [2.24, 2.45) is 0 Å². The average molecular weight is 476 g/mol. The maximum absolute atomic E-state index is 13.3. The highest BCUT2D eigenvalue weighted by molar-refractivity contribution is 6.11. The molecule has 0 aromatic heterocycles. The Bertz CT molecular complexity index is 1270. The molecule has 2 amide bonds. The number of carboxylic acid groups (broad SMARTS) is 1. The van der Waals surface area contributed by atoms with Gasteiger partial charge in [-0.1, -0.05) is 18.2 Å². The van der Waals surface area contributed by atoms with Crippen molar-refractivity contribution in [2.75, 3.05) is 26.6 Å². The van der Waals surface area contributed by atoms with E-state index < -0.39 is 17.8 Å². The Hall–Kier alpha value is -4.79. The number of carbonyl (C=O) groups excluding carboxylic acids is 2. The first-order valence-electron chi connectivity index (χ1n) is 10.4. The molecule has 3 N–H and O–H groups in total. The Balaban J connectivity index is 2.02. The molecule has 0 fully saturated rings. The summed E-state index contributed by atoms with van der Waals surface area (Å²) in [4.78, 5) is 37.5. The number of anilines is 1. The zero-order valence-electron chi connectivity index (χ0n) is 19.3. The molecule has 180 valence electrons. The van der Waals surface area contributed by atoms with Crippen molar-refractivity contribution in [1.29, 1.82) is 0 Å². The van der Waals surface area contributed by atoms with Gasteiger partial charge in [-0.25, -0.2) is 4.79 Å². The molecular weight excluding hydrogens is 452 g/mol. The van der Waals surface area contributed by atoms with Crippen molar-refractivity contribution in [1.82, 2.24) is 5.32 Å². The lowest BCUT2D eigenvalue weighted by Gasteiger charge is -2.15. The van der Waals surface area contributed by atoms with Crippen molar-refractivity contribution in [3.05, 3.63) is 89.1 Å². The number of hydrogen-bond acceptors (Lipinski definition) is 6. The fourth-order valence-electron chi connectivity index (χ4n) is 3.16. The highest BCUT2D eigenvalue weighted by Gasteiger charge is 2.19. The smallest absolute Gasteiger partial charge is 0.335 e. The first-order valence-corrected chi connectivity index (χ1v) is 10.4. The van der Waals surface area contributed by atoms with Crippen LogP contribution in [0.4, 0.5) is 5.69 Å². The lowest BCUT2D eigenvalue weighted by atomic mass is 10.1. The van der Waals surface area contributed by atoms with Gasteiger partial charge in [-0.3, -0.25) is 9.59 Å². The normalized spacial score (nSPS) is 10.8. The van der Waals surface area contributed by atoms with Gasteiger partial charge >= 0.3 is 5.97 Å². The minimum absolute atomic E-state index is 0.0447. The third kappa shape index (κ3) is 6.17. The molecular formula is C26H24N2O7. The Labute approximate surface area is 201 Å². The molecule has 35 heavy (non-hydrogen) atoms. The molecule has 0 saturated heterocycles. The lowest BCUT2D eigenvalue weighted by molar-refractivity contribution is -0.113. The molecule has 0 aliphatic carbocycles. The van der Waals surface area contributed by atoms with E-state index in [9.17, 15) is 19.5 Å². The summed E-state index contributed by atoms with van der Waals surface area (Å²) < 4.78 is 15.9. The third-order valence-corrected chi connectivity index (χ3v) is 4.96. The summed E-state index contributed by atoms with van der Waals surface area (Å²) in [5.41, 5.74) is 0.817. The molecule has 0 saturated carbocycles. The van der Waals surface area contributed by atoms with Crippen LogP contribution >= 0.6 is 0 Å². The largest absolute Gasteiger partial charge is 0.497 e. The van der Waals surface area contributed by atoms with Gasteiger partial charge in [0, 0.05) is 17.2 Å².